The maximum absolute atomic E-state index is 10.7. The van der Waals surface area contributed by atoms with Crippen LogP contribution in [-0.4, -0.2) is 29.6 Å². The van der Waals surface area contributed by atoms with Crippen molar-refractivity contribution in [2.24, 2.45) is 0 Å². The van der Waals surface area contributed by atoms with Crippen molar-refractivity contribution < 1.29 is 5.11 Å². The third-order valence-electron chi connectivity index (χ3n) is 3.77. The van der Waals surface area contributed by atoms with Crippen LogP contribution in [0.5, 0.6) is 0 Å². The zero-order valence-electron chi connectivity index (χ0n) is 10.4. The minimum atomic E-state index is -0.653. The average molecular weight is 219 g/mol. The molecule has 1 fully saturated rings. The largest absolute Gasteiger partial charge is 0.384 e. The van der Waals surface area contributed by atoms with Crippen molar-refractivity contribution in [2.45, 2.75) is 38.3 Å². The van der Waals surface area contributed by atoms with E-state index in [0.29, 0.717) is 6.04 Å². The second kappa shape index (κ2) is 4.19. The van der Waals surface area contributed by atoms with Gasteiger partial charge in [-0.3, -0.25) is 0 Å². The van der Waals surface area contributed by atoms with Gasteiger partial charge in [0.1, 0.15) is 5.60 Å². The molecule has 2 atom stereocenters. The number of nitrogens with zero attached hydrogens (tertiary/aromatic N) is 1. The smallest absolute Gasteiger partial charge is 0.104 e. The summed E-state index contributed by atoms with van der Waals surface area (Å²) in [6.45, 7) is 5.05. The molecule has 1 heterocycles. The van der Waals surface area contributed by atoms with Crippen LogP contribution in [0.25, 0.3) is 0 Å². The Morgan fingerprint density at radius 3 is 2.81 bits per heavy atom. The number of rotatable bonds is 2. The van der Waals surface area contributed by atoms with Crippen LogP contribution in [0.15, 0.2) is 24.3 Å². The molecule has 0 spiro atoms. The van der Waals surface area contributed by atoms with Crippen molar-refractivity contribution in [3.63, 3.8) is 0 Å². The third kappa shape index (κ3) is 2.00. The van der Waals surface area contributed by atoms with Gasteiger partial charge in [0.25, 0.3) is 0 Å². The van der Waals surface area contributed by atoms with E-state index in [9.17, 15) is 5.11 Å². The van der Waals surface area contributed by atoms with Gasteiger partial charge < -0.3 is 10.0 Å². The van der Waals surface area contributed by atoms with E-state index >= 15 is 0 Å². The van der Waals surface area contributed by atoms with Gasteiger partial charge in [-0.2, -0.15) is 0 Å². The van der Waals surface area contributed by atoms with Gasteiger partial charge in [-0.1, -0.05) is 31.2 Å². The Balaban J connectivity index is 2.29. The summed E-state index contributed by atoms with van der Waals surface area (Å²) in [5.74, 6) is 0. The van der Waals surface area contributed by atoms with Crippen LogP contribution in [0.1, 0.15) is 31.4 Å². The molecule has 1 N–H and O–H groups in total. The quantitative estimate of drug-likeness (QED) is 0.824. The van der Waals surface area contributed by atoms with Crippen molar-refractivity contribution in [2.75, 3.05) is 13.6 Å². The minimum absolute atomic E-state index is 0.454. The maximum atomic E-state index is 10.7. The maximum Gasteiger partial charge on any atom is 0.104 e. The Bertz CT molecular complexity index is 365. The molecule has 2 unspecified atom stereocenters. The Hall–Kier alpha value is -0.860. The summed E-state index contributed by atoms with van der Waals surface area (Å²) in [5.41, 5.74) is 1.72. The highest BCUT2D eigenvalue weighted by molar-refractivity contribution is 5.30. The monoisotopic (exact) mass is 219 g/mol. The fraction of sp³-hybridized carbons (Fsp3) is 0.571. The van der Waals surface area contributed by atoms with E-state index in [1.807, 2.05) is 6.07 Å². The summed E-state index contributed by atoms with van der Waals surface area (Å²) in [5, 5.41) is 10.7. The Morgan fingerprint density at radius 1 is 1.50 bits per heavy atom. The molecule has 1 saturated heterocycles. The highest BCUT2D eigenvalue weighted by Crippen LogP contribution is 2.35. The summed E-state index contributed by atoms with van der Waals surface area (Å²) in [6.07, 6.45) is 1.85. The van der Waals surface area contributed by atoms with Crippen molar-refractivity contribution in [3.05, 3.63) is 35.4 Å². The molecule has 1 aliphatic rings. The second-order valence-corrected chi connectivity index (χ2v) is 5.05. The second-order valence-electron chi connectivity index (χ2n) is 5.05. The van der Waals surface area contributed by atoms with E-state index in [1.165, 1.54) is 5.56 Å². The van der Waals surface area contributed by atoms with Gasteiger partial charge in [0.15, 0.2) is 0 Å². The lowest BCUT2D eigenvalue weighted by Crippen LogP contribution is -2.29. The predicted octanol–water partition coefficient (Wildman–Crippen LogP) is 2.16. The molecule has 2 rings (SSSR count). The Labute approximate surface area is 97.9 Å². The molecule has 0 radical (unpaired) electrons. The molecule has 0 aliphatic carbocycles. The van der Waals surface area contributed by atoms with Crippen LogP contribution >= 0.6 is 0 Å². The van der Waals surface area contributed by atoms with Crippen LogP contribution in [0.3, 0.4) is 0 Å². The van der Waals surface area contributed by atoms with E-state index in [4.69, 9.17) is 0 Å². The molecule has 0 bridgehead atoms. The molecule has 0 aromatic heterocycles. The van der Waals surface area contributed by atoms with Gasteiger partial charge >= 0.3 is 0 Å². The number of likely N-dealkylation sites (N-methyl/N-ethyl adjacent to an activating group) is 1. The Morgan fingerprint density at radius 2 is 2.25 bits per heavy atom. The van der Waals surface area contributed by atoms with E-state index in [2.05, 4.69) is 44.0 Å². The normalized spacial score (nSPS) is 30.9. The number of hydrogen-bond donors (Lipinski definition) is 1. The third-order valence-corrected chi connectivity index (χ3v) is 3.77. The zero-order chi connectivity index (χ0) is 11.8. The molecule has 1 aromatic rings. The summed E-state index contributed by atoms with van der Waals surface area (Å²) in [7, 11) is 2.08. The minimum Gasteiger partial charge on any atom is -0.384 e. The van der Waals surface area contributed by atoms with E-state index in [-0.39, 0.29) is 0 Å². The van der Waals surface area contributed by atoms with Gasteiger partial charge in [-0.25, -0.2) is 0 Å². The summed E-state index contributed by atoms with van der Waals surface area (Å²) in [6, 6.07) is 8.82. The first-order valence-corrected chi connectivity index (χ1v) is 6.07. The molecule has 88 valence electrons. The predicted molar refractivity (Wildman–Crippen MR) is 66.4 cm³/mol. The van der Waals surface area contributed by atoms with Gasteiger partial charge in [-0.15, -0.1) is 0 Å². The average Bonchev–Trinajstić information content (AvgIpc) is 2.54. The lowest BCUT2D eigenvalue weighted by Gasteiger charge is -2.23. The molecular formula is C14H21NO. The molecular weight excluding hydrogens is 198 g/mol. The molecule has 0 amide bonds. The van der Waals surface area contributed by atoms with Crippen LogP contribution in [0.2, 0.25) is 0 Å². The van der Waals surface area contributed by atoms with E-state index < -0.39 is 5.60 Å². The zero-order valence-corrected chi connectivity index (χ0v) is 10.4. The number of β-amino-alcohol motifs (C(OH)–C–C–N with tert-alkyl or cyclic N) is 1. The van der Waals surface area contributed by atoms with Crippen molar-refractivity contribution in [1.29, 1.82) is 0 Å². The van der Waals surface area contributed by atoms with E-state index in [1.54, 1.807) is 0 Å². The van der Waals surface area contributed by atoms with Crippen molar-refractivity contribution >= 4 is 0 Å². The first-order chi connectivity index (χ1) is 7.55. The van der Waals surface area contributed by atoms with Crippen LogP contribution in [-0.2, 0) is 12.0 Å². The van der Waals surface area contributed by atoms with Crippen LogP contribution in [0.4, 0.5) is 0 Å². The molecule has 1 aromatic carbocycles. The first kappa shape index (κ1) is 11.6. The highest BCUT2D eigenvalue weighted by atomic mass is 16.3. The summed E-state index contributed by atoms with van der Waals surface area (Å²) >= 11 is 0. The fourth-order valence-corrected chi connectivity index (χ4v) is 2.57. The van der Waals surface area contributed by atoms with Gasteiger partial charge in [-0.05, 0) is 37.9 Å². The van der Waals surface area contributed by atoms with E-state index in [0.717, 1.165) is 24.9 Å². The molecule has 2 heteroatoms. The Kier molecular flexibility index (Phi) is 3.04. The first-order valence-electron chi connectivity index (χ1n) is 6.07. The molecule has 1 aliphatic heterocycles. The topological polar surface area (TPSA) is 23.5 Å². The number of aliphatic hydroxyl groups is 1. The standard InChI is InChI=1S/C14H21NO/c1-4-12-6-5-7-13(8-12)14(16)9-11(2)15(3)10-14/h5-8,11,16H,4,9-10H2,1-3H3. The van der Waals surface area contributed by atoms with Gasteiger partial charge in [0.05, 0.1) is 0 Å². The number of aryl methyl sites for hydroxylation is 1. The number of benzene rings is 1. The molecule has 2 nitrogen and oxygen atoms in total. The summed E-state index contributed by atoms with van der Waals surface area (Å²) in [4.78, 5) is 2.22. The number of hydrogen-bond acceptors (Lipinski definition) is 2. The van der Waals surface area contributed by atoms with Gasteiger partial charge in [0, 0.05) is 12.6 Å². The number of likely N-dealkylation sites (tertiary alicyclic amines) is 1. The SMILES string of the molecule is CCc1cccc(C2(O)CC(C)N(C)C2)c1. The molecule has 16 heavy (non-hydrogen) atoms. The lowest BCUT2D eigenvalue weighted by molar-refractivity contribution is 0.0485. The van der Waals surface area contributed by atoms with Gasteiger partial charge in [0.2, 0.25) is 0 Å². The highest BCUT2D eigenvalue weighted by Gasteiger charge is 2.40. The van der Waals surface area contributed by atoms with Crippen LogP contribution < -0.4 is 0 Å². The lowest BCUT2D eigenvalue weighted by atomic mass is 9.90. The summed E-state index contributed by atoms with van der Waals surface area (Å²) < 4.78 is 0. The fourth-order valence-electron chi connectivity index (χ4n) is 2.57. The molecule has 0 saturated carbocycles. The van der Waals surface area contributed by atoms with Crippen molar-refractivity contribution in [1.82, 2.24) is 4.90 Å². The van der Waals surface area contributed by atoms with Crippen molar-refractivity contribution in [3.8, 4) is 0 Å². The van der Waals surface area contributed by atoms with Crippen LogP contribution in [0, 0.1) is 0 Å².